The van der Waals surface area contributed by atoms with Crippen LogP contribution >= 0.6 is 0 Å². The number of ether oxygens (including phenoxy) is 2. The molecular formula is C23H30N4O3. The Morgan fingerprint density at radius 1 is 1.17 bits per heavy atom. The Hall–Kier alpha value is -2.25. The number of hydrogen-bond donors (Lipinski definition) is 1. The van der Waals surface area contributed by atoms with E-state index in [9.17, 15) is 4.79 Å². The highest BCUT2D eigenvalue weighted by molar-refractivity contribution is 5.94. The third-order valence-corrected chi connectivity index (χ3v) is 6.74. The van der Waals surface area contributed by atoms with Gasteiger partial charge < -0.3 is 14.8 Å². The maximum Gasteiger partial charge on any atom is 0.251 e. The van der Waals surface area contributed by atoms with E-state index in [0.717, 1.165) is 23.6 Å². The fraction of sp³-hybridized carbons (Fsp3) is 0.609. The van der Waals surface area contributed by atoms with Crippen LogP contribution in [0.4, 0.5) is 0 Å². The first-order chi connectivity index (χ1) is 14.7. The van der Waals surface area contributed by atoms with E-state index in [1.54, 1.807) is 0 Å². The number of aromatic nitrogens is 3. The number of hydrogen-bond acceptors (Lipinski definition) is 5. The third kappa shape index (κ3) is 4.01. The Morgan fingerprint density at radius 2 is 2.00 bits per heavy atom. The van der Waals surface area contributed by atoms with Gasteiger partial charge in [-0.2, -0.15) is 0 Å². The third-order valence-electron chi connectivity index (χ3n) is 6.74. The van der Waals surface area contributed by atoms with E-state index in [1.807, 2.05) is 35.9 Å². The molecule has 0 bridgehead atoms. The fourth-order valence-corrected chi connectivity index (χ4v) is 5.12. The van der Waals surface area contributed by atoms with Gasteiger partial charge in [-0.3, -0.25) is 4.79 Å². The van der Waals surface area contributed by atoms with Crippen LogP contribution in [0.3, 0.4) is 0 Å². The molecule has 30 heavy (non-hydrogen) atoms. The second kappa shape index (κ2) is 8.47. The summed E-state index contributed by atoms with van der Waals surface area (Å²) in [7, 11) is 0. The lowest BCUT2D eigenvalue weighted by molar-refractivity contribution is 0.0613. The average molecular weight is 411 g/mol. The van der Waals surface area contributed by atoms with Crippen molar-refractivity contribution in [3.05, 3.63) is 47.3 Å². The summed E-state index contributed by atoms with van der Waals surface area (Å²) in [6, 6.07) is 7.45. The summed E-state index contributed by atoms with van der Waals surface area (Å²) in [5.41, 5.74) is 2.79. The molecule has 1 aliphatic carbocycles. The van der Waals surface area contributed by atoms with Crippen LogP contribution in [0, 0.1) is 12.8 Å². The van der Waals surface area contributed by atoms with Crippen LogP contribution in [0.25, 0.3) is 0 Å². The lowest BCUT2D eigenvalue weighted by Crippen LogP contribution is -2.44. The molecule has 7 heteroatoms. The largest absolute Gasteiger partial charge is 0.371 e. The molecule has 4 unspecified atom stereocenters. The second-order valence-corrected chi connectivity index (χ2v) is 9.01. The van der Waals surface area contributed by atoms with E-state index < -0.39 is 0 Å². The van der Waals surface area contributed by atoms with E-state index in [2.05, 4.69) is 21.8 Å². The molecule has 0 spiro atoms. The maximum absolute atomic E-state index is 12.6. The molecule has 4 atom stereocenters. The lowest BCUT2D eigenvalue weighted by atomic mass is 9.86. The van der Waals surface area contributed by atoms with E-state index in [0.29, 0.717) is 18.8 Å². The van der Waals surface area contributed by atoms with Gasteiger partial charge in [-0.1, -0.05) is 55.0 Å². The second-order valence-electron chi connectivity index (χ2n) is 9.01. The predicted molar refractivity (Wildman–Crippen MR) is 111 cm³/mol. The van der Waals surface area contributed by atoms with Crippen molar-refractivity contribution >= 4 is 5.91 Å². The smallest absolute Gasteiger partial charge is 0.251 e. The highest BCUT2D eigenvalue weighted by atomic mass is 16.6. The summed E-state index contributed by atoms with van der Waals surface area (Å²) >= 11 is 0. The molecule has 2 saturated heterocycles. The molecule has 3 fully saturated rings. The molecule has 3 heterocycles. The number of carbonyl (C=O) groups excluding carboxylic acids is 1. The standard InChI is InChI=1S/C23H30N4O3/c1-15-6-5-9-17(10-15)23(28)24-19-13-29-22-20(14-30-21(19)22)27-12-18(25-26-27)11-16-7-3-2-4-8-16/h5-6,9-10,12,16,19-22H,2-4,7-8,11,13-14H2,1H3,(H,24,28). The van der Waals surface area contributed by atoms with Gasteiger partial charge in [0.05, 0.1) is 24.9 Å². The Morgan fingerprint density at radius 3 is 2.83 bits per heavy atom. The van der Waals surface area contributed by atoms with Crippen LogP contribution in [-0.2, 0) is 15.9 Å². The summed E-state index contributed by atoms with van der Waals surface area (Å²) in [5, 5.41) is 11.9. The molecule has 3 aliphatic rings. The minimum absolute atomic E-state index is 0.00322. The minimum atomic E-state index is -0.158. The maximum atomic E-state index is 12.6. The van der Waals surface area contributed by atoms with Crippen molar-refractivity contribution in [2.45, 2.75) is 69.7 Å². The lowest BCUT2D eigenvalue weighted by Gasteiger charge is -2.20. The zero-order valence-corrected chi connectivity index (χ0v) is 17.5. The van der Waals surface area contributed by atoms with Crippen molar-refractivity contribution in [1.29, 1.82) is 0 Å². The number of amides is 1. The van der Waals surface area contributed by atoms with Crippen LogP contribution in [0.2, 0.25) is 0 Å². The van der Waals surface area contributed by atoms with Crippen molar-refractivity contribution in [3.63, 3.8) is 0 Å². The van der Waals surface area contributed by atoms with Gasteiger partial charge in [0, 0.05) is 11.8 Å². The topological polar surface area (TPSA) is 78.3 Å². The Kier molecular flexibility index (Phi) is 5.56. The number of aryl methyl sites for hydroxylation is 1. The fourth-order valence-electron chi connectivity index (χ4n) is 5.12. The SMILES string of the molecule is Cc1cccc(C(=O)NC2COC3C2OCC3n2cc(CC3CCCCC3)nn2)c1. The van der Waals surface area contributed by atoms with E-state index in [-0.39, 0.29) is 30.2 Å². The zero-order valence-electron chi connectivity index (χ0n) is 17.5. The highest BCUT2D eigenvalue weighted by Gasteiger charge is 2.49. The number of fused-ring (bicyclic) bond motifs is 1. The van der Waals surface area contributed by atoms with Gasteiger partial charge in [0.1, 0.15) is 18.2 Å². The molecule has 1 aromatic heterocycles. The zero-order chi connectivity index (χ0) is 20.5. The van der Waals surface area contributed by atoms with Gasteiger partial charge in [0.15, 0.2) is 0 Å². The molecule has 2 aromatic rings. The van der Waals surface area contributed by atoms with Crippen molar-refractivity contribution < 1.29 is 14.3 Å². The molecule has 1 aromatic carbocycles. The van der Waals surface area contributed by atoms with Gasteiger partial charge >= 0.3 is 0 Å². The van der Waals surface area contributed by atoms with Crippen molar-refractivity contribution in [1.82, 2.24) is 20.3 Å². The first-order valence-electron chi connectivity index (χ1n) is 11.2. The van der Waals surface area contributed by atoms with Crippen molar-refractivity contribution in [2.24, 2.45) is 5.92 Å². The first-order valence-corrected chi connectivity index (χ1v) is 11.2. The van der Waals surface area contributed by atoms with Gasteiger partial charge in [-0.05, 0) is 31.4 Å². The Bertz CT molecular complexity index is 892. The molecule has 1 N–H and O–H groups in total. The number of rotatable bonds is 5. The summed E-state index contributed by atoms with van der Waals surface area (Å²) in [4.78, 5) is 12.6. The van der Waals surface area contributed by atoms with Crippen LogP contribution in [0.15, 0.2) is 30.5 Å². The number of nitrogens with one attached hydrogen (secondary N) is 1. The summed E-state index contributed by atoms with van der Waals surface area (Å²) in [6.07, 6.45) is 9.44. The van der Waals surface area contributed by atoms with Crippen LogP contribution < -0.4 is 5.32 Å². The molecular weight excluding hydrogens is 380 g/mol. The molecule has 5 rings (SSSR count). The highest BCUT2D eigenvalue weighted by Crippen LogP contribution is 2.34. The number of benzene rings is 1. The molecule has 1 amide bonds. The van der Waals surface area contributed by atoms with E-state index in [4.69, 9.17) is 9.47 Å². The predicted octanol–water partition coefficient (Wildman–Crippen LogP) is 2.85. The molecule has 160 valence electrons. The first kappa shape index (κ1) is 19.7. The van der Waals surface area contributed by atoms with Gasteiger partial charge in [-0.25, -0.2) is 4.68 Å². The van der Waals surface area contributed by atoms with Crippen LogP contribution in [-0.4, -0.2) is 52.4 Å². The summed E-state index contributed by atoms with van der Waals surface area (Å²) in [5.74, 6) is 0.649. The van der Waals surface area contributed by atoms with Crippen LogP contribution in [0.1, 0.15) is 59.8 Å². The van der Waals surface area contributed by atoms with Crippen LogP contribution in [0.5, 0.6) is 0 Å². The normalized spacial score (nSPS) is 29.1. The number of carbonyl (C=O) groups is 1. The van der Waals surface area contributed by atoms with Crippen molar-refractivity contribution in [2.75, 3.05) is 13.2 Å². The Balaban J connectivity index is 1.21. The molecule has 1 saturated carbocycles. The molecule has 7 nitrogen and oxygen atoms in total. The monoisotopic (exact) mass is 410 g/mol. The molecule has 0 radical (unpaired) electrons. The minimum Gasteiger partial charge on any atom is -0.371 e. The number of nitrogens with zero attached hydrogens (tertiary/aromatic N) is 3. The van der Waals surface area contributed by atoms with Crippen molar-refractivity contribution in [3.8, 4) is 0 Å². The van der Waals surface area contributed by atoms with E-state index >= 15 is 0 Å². The molecule has 2 aliphatic heterocycles. The van der Waals surface area contributed by atoms with E-state index in [1.165, 1.54) is 32.1 Å². The van der Waals surface area contributed by atoms with Gasteiger partial charge in [0.25, 0.3) is 5.91 Å². The quantitative estimate of drug-likeness (QED) is 0.820. The average Bonchev–Trinajstić information content (AvgIpc) is 3.47. The summed E-state index contributed by atoms with van der Waals surface area (Å²) < 4.78 is 14.0. The van der Waals surface area contributed by atoms with Gasteiger partial charge in [-0.15, -0.1) is 5.10 Å². The van der Waals surface area contributed by atoms with Gasteiger partial charge in [0.2, 0.25) is 0 Å². The Labute approximate surface area is 177 Å². The summed E-state index contributed by atoms with van der Waals surface area (Å²) in [6.45, 7) is 2.96.